The number of ether oxygens (including phenoxy) is 1. The lowest BCUT2D eigenvalue weighted by atomic mass is 10.0. The van der Waals surface area contributed by atoms with E-state index in [0.29, 0.717) is 18.1 Å². The molecule has 112 valence electrons. The average Bonchev–Trinajstić information content (AvgIpc) is 2.94. The number of primary sulfonamides is 1. The zero-order valence-electron chi connectivity index (χ0n) is 11.3. The van der Waals surface area contributed by atoms with Crippen molar-refractivity contribution in [2.75, 3.05) is 13.2 Å². The number of para-hydroxylation sites is 1. The van der Waals surface area contributed by atoms with E-state index in [1.54, 1.807) is 12.1 Å². The minimum atomic E-state index is -3.95. The molecule has 1 aliphatic rings. The first kappa shape index (κ1) is 14.2. The quantitative estimate of drug-likeness (QED) is 0.904. The van der Waals surface area contributed by atoms with Crippen molar-refractivity contribution in [3.8, 4) is 5.69 Å². The van der Waals surface area contributed by atoms with Gasteiger partial charge in [0, 0.05) is 18.2 Å². The molecule has 1 fully saturated rings. The van der Waals surface area contributed by atoms with Crippen LogP contribution in [0.5, 0.6) is 0 Å². The predicted molar refractivity (Wildman–Crippen MR) is 75.5 cm³/mol. The molecule has 0 aliphatic carbocycles. The standard InChI is InChI=1S/C13H16N4O3S/c14-21(18,19)13-16-15-12(10-5-4-8-20-9-10)17(13)11-6-2-1-3-7-11/h1-3,6-7,10H,4-5,8-9H2,(H2,14,18,19). The molecule has 2 aromatic rings. The minimum Gasteiger partial charge on any atom is -0.381 e. The van der Waals surface area contributed by atoms with Crippen LogP contribution in [0.3, 0.4) is 0 Å². The first-order chi connectivity index (χ1) is 10.1. The second-order valence-corrected chi connectivity index (χ2v) is 6.43. The molecule has 8 heteroatoms. The minimum absolute atomic E-state index is 0.0157. The maximum absolute atomic E-state index is 11.7. The van der Waals surface area contributed by atoms with Crippen LogP contribution in [0.1, 0.15) is 24.6 Å². The molecule has 1 saturated heterocycles. The van der Waals surface area contributed by atoms with E-state index in [9.17, 15) is 8.42 Å². The number of aromatic nitrogens is 3. The van der Waals surface area contributed by atoms with Crippen LogP contribution >= 0.6 is 0 Å². The summed E-state index contributed by atoms with van der Waals surface area (Å²) in [6, 6.07) is 9.09. The third kappa shape index (κ3) is 2.82. The fourth-order valence-corrected chi connectivity index (χ4v) is 3.10. The Morgan fingerprint density at radius 3 is 2.62 bits per heavy atom. The van der Waals surface area contributed by atoms with Crippen molar-refractivity contribution < 1.29 is 13.2 Å². The highest BCUT2D eigenvalue weighted by molar-refractivity contribution is 7.89. The summed E-state index contributed by atoms with van der Waals surface area (Å²) in [5.74, 6) is 0.590. The molecular weight excluding hydrogens is 292 g/mol. The van der Waals surface area contributed by atoms with Gasteiger partial charge in [0.15, 0.2) is 0 Å². The van der Waals surface area contributed by atoms with E-state index in [1.807, 2.05) is 18.2 Å². The second kappa shape index (κ2) is 5.55. The number of hydrogen-bond acceptors (Lipinski definition) is 5. The first-order valence-corrected chi connectivity index (χ1v) is 8.23. The Balaban J connectivity index is 2.15. The van der Waals surface area contributed by atoms with E-state index in [0.717, 1.165) is 19.4 Å². The lowest BCUT2D eigenvalue weighted by Crippen LogP contribution is -2.22. The molecule has 2 heterocycles. The van der Waals surface area contributed by atoms with Gasteiger partial charge in [0.1, 0.15) is 5.82 Å². The molecule has 0 amide bonds. The van der Waals surface area contributed by atoms with Crippen LogP contribution in [0.2, 0.25) is 0 Å². The molecule has 0 spiro atoms. The largest absolute Gasteiger partial charge is 0.381 e. The third-order valence-corrected chi connectivity index (χ3v) is 4.23. The molecule has 7 nitrogen and oxygen atoms in total. The van der Waals surface area contributed by atoms with Gasteiger partial charge in [-0.15, -0.1) is 10.2 Å². The van der Waals surface area contributed by atoms with Gasteiger partial charge in [-0.3, -0.25) is 4.57 Å². The topological polar surface area (TPSA) is 100 Å². The van der Waals surface area contributed by atoms with Crippen molar-refractivity contribution in [1.82, 2.24) is 14.8 Å². The molecule has 0 saturated carbocycles. The van der Waals surface area contributed by atoms with Gasteiger partial charge in [0.25, 0.3) is 15.2 Å². The Morgan fingerprint density at radius 1 is 1.24 bits per heavy atom. The number of hydrogen-bond donors (Lipinski definition) is 1. The molecule has 21 heavy (non-hydrogen) atoms. The van der Waals surface area contributed by atoms with Crippen LogP contribution in [-0.4, -0.2) is 36.4 Å². The summed E-state index contributed by atoms with van der Waals surface area (Å²) in [6.45, 7) is 1.23. The van der Waals surface area contributed by atoms with Gasteiger partial charge in [-0.25, -0.2) is 13.6 Å². The fourth-order valence-electron chi connectivity index (χ4n) is 2.49. The Morgan fingerprint density at radius 2 is 2.00 bits per heavy atom. The van der Waals surface area contributed by atoms with Gasteiger partial charge < -0.3 is 4.74 Å². The van der Waals surface area contributed by atoms with E-state index in [4.69, 9.17) is 9.88 Å². The normalized spacial score (nSPS) is 19.6. The van der Waals surface area contributed by atoms with Crippen LogP contribution in [0.15, 0.2) is 35.5 Å². The lowest BCUT2D eigenvalue weighted by Gasteiger charge is -2.22. The number of nitrogens with zero attached hydrogens (tertiary/aromatic N) is 3. The van der Waals surface area contributed by atoms with Crippen molar-refractivity contribution >= 4 is 10.0 Å². The predicted octanol–water partition coefficient (Wildman–Crippen LogP) is 0.809. The molecule has 1 aromatic carbocycles. The van der Waals surface area contributed by atoms with Crippen molar-refractivity contribution in [2.24, 2.45) is 5.14 Å². The summed E-state index contributed by atoms with van der Waals surface area (Å²) in [6.07, 6.45) is 1.80. The Bertz CT molecular complexity index is 721. The third-order valence-electron chi connectivity index (χ3n) is 3.45. The van der Waals surface area contributed by atoms with Crippen LogP contribution in [-0.2, 0) is 14.8 Å². The van der Waals surface area contributed by atoms with Crippen LogP contribution in [0.25, 0.3) is 5.69 Å². The average molecular weight is 308 g/mol. The first-order valence-electron chi connectivity index (χ1n) is 6.68. The summed E-state index contributed by atoms with van der Waals surface area (Å²) in [7, 11) is -3.95. The van der Waals surface area contributed by atoms with Crippen molar-refractivity contribution in [3.63, 3.8) is 0 Å². The molecule has 1 unspecified atom stereocenters. The summed E-state index contributed by atoms with van der Waals surface area (Å²) in [5, 5.41) is 12.9. The lowest BCUT2D eigenvalue weighted by molar-refractivity contribution is 0.0774. The highest BCUT2D eigenvalue weighted by Gasteiger charge is 2.28. The fraction of sp³-hybridized carbons (Fsp3) is 0.385. The number of sulfonamides is 1. The zero-order valence-corrected chi connectivity index (χ0v) is 12.2. The van der Waals surface area contributed by atoms with E-state index < -0.39 is 10.0 Å². The molecule has 0 radical (unpaired) electrons. The maximum atomic E-state index is 11.7. The molecule has 1 aliphatic heterocycles. The van der Waals surface area contributed by atoms with E-state index >= 15 is 0 Å². The van der Waals surface area contributed by atoms with Gasteiger partial charge in [-0.05, 0) is 25.0 Å². The van der Waals surface area contributed by atoms with Gasteiger partial charge in [0.2, 0.25) is 0 Å². The highest BCUT2D eigenvalue weighted by Crippen LogP contribution is 2.27. The van der Waals surface area contributed by atoms with Crippen LogP contribution in [0, 0.1) is 0 Å². The van der Waals surface area contributed by atoms with Crippen LogP contribution < -0.4 is 5.14 Å². The summed E-state index contributed by atoms with van der Waals surface area (Å²) >= 11 is 0. The van der Waals surface area contributed by atoms with E-state index in [2.05, 4.69) is 10.2 Å². The summed E-state index contributed by atoms with van der Waals surface area (Å²) in [5.41, 5.74) is 0.673. The molecule has 1 aromatic heterocycles. The molecule has 1 atom stereocenters. The SMILES string of the molecule is NS(=O)(=O)c1nnc(C2CCCOC2)n1-c1ccccc1. The van der Waals surface area contributed by atoms with Gasteiger partial charge >= 0.3 is 0 Å². The maximum Gasteiger partial charge on any atom is 0.274 e. The van der Waals surface area contributed by atoms with Crippen molar-refractivity contribution in [2.45, 2.75) is 23.9 Å². The Kier molecular flexibility index (Phi) is 3.75. The number of nitrogens with two attached hydrogens (primary N) is 1. The van der Waals surface area contributed by atoms with E-state index in [1.165, 1.54) is 4.57 Å². The molecule has 0 bridgehead atoms. The Hall–Kier alpha value is -1.77. The van der Waals surface area contributed by atoms with E-state index in [-0.39, 0.29) is 11.1 Å². The molecule has 2 N–H and O–H groups in total. The Labute approximate surface area is 122 Å². The van der Waals surface area contributed by atoms with Crippen molar-refractivity contribution in [3.05, 3.63) is 36.2 Å². The van der Waals surface area contributed by atoms with Crippen LogP contribution in [0.4, 0.5) is 0 Å². The van der Waals surface area contributed by atoms with Crippen molar-refractivity contribution in [1.29, 1.82) is 0 Å². The van der Waals surface area contributed by atoms with Gasteiger partial charge in [0.05, 0.1) is 6.61 Å². The summed E-state index contributed by atoms with van der Waals surface area (Å²) in [4.78, 5) is 0. The number of benzene rings is 1. The van der Waals surface area contributed by atoms with Gasteiger partial charge in [-0.2, -0.15) is 0 Å². The molecule has 3 rings (SSSR count). The monoisotopic (exact) mass is 308 g/mol. The second-order valence-electron chi connectivity index (χ2n) is 4.97. The highest BCUT2D eigenvalue weighted by atomic mass is 32.2. The van der Waals surface area contributed by atoms with Gasteiger partial charge in [-0.1, -0.05) is 18.2 Å². The zero-order chi connectivity index (χ0) is 14.9. The number of rotatable bonds is 3. The molecular formula is C13H16N4O3S. The summed E-state index contributed by atoms with van der Waals surface area (Å²) < 4.78 is 30.5. The smallest absolute Gasteiger partial charge is 0.274 e.